The van der Waals surface area contributed by atoms with E-state index in [1.165, 1.54) is 37.0 Å². The van der Waals surface area contributed by atoms with E-state index in [4.69, 9.17) is 0 Å². The zero-order chi connectivity index (χ0) is 16.6. The van der Waals surface area contributed by atoms with Gasteiger partial charge in [0.2, 0.25) is 0 Å². The highest BCUT2D eigenvalue weighted by Gasteiger charge is 2.41. The van der Waals surface area contributed by atoms with Gasteiger partial charge in [-0.3, -0.25) is 19.4 Å². The van der Waals surface area contributed by atoms with Gasteiger partial charge in [0.05, 0.1) is 11.1 Å². The molecule has 5 nitrogen and oxygen atoms in total. The Kier molecular flexibility index (Phi) is 5.46. The molecule has 0 aromatic heterocycles. The van der Waals surface area contributed by atoms with Crippen LogP contribution >= 0.6 is 12.4 Å². The molecule has 1 aliphatic carbocycles. The van der Waals surface area contributed by atoms with Crippen LogP contribution in [0, 0.1) is 0 Å². The summed E-state index contributed by atoms with van der Waals surface area (Å²) in [6.45, 7) is 4.31. The van der Waals surface area contributed by atoms with Crippen LogP contribution in [0.25, 0.3) is 0 Å². The smallest absolute Gasteiger partial charge is 0.261 e. The van der Waals surface area contributed by atoms with E-state index in [0.717, 1.165) is 26.2 Å². The molecule has 0 bridgehead atoms. The molecule has 2 aliphatic heterocycles. The summed E-state index contributed by atoms with van der Waals surface area (Å²) in [5, 5.41) is 3.55. The SMILES string of the molecule is Cl.O=C1c2ccccc2C(=O)N1CCN1CCNCC12CCCCC2. The van der Waals surface area contributed by atoms with Crippen LogP contribution in [0.2, 0.25) is 0 Å². The fourth-order valence-corrected chi connectivity index (χ4v) is 4.60. The number of carbonyl (C=O) groups excluding carboxylic acids is 2. The zero-order valence-corrected chi connectivity index (χ0v) is 15.3. The Bertz CT molecular complexity index is 615. The van der Waals surface area contributed by atoms with E-state index in [1.807, 2.05) is 12.1 Å². The zero-order valence-electron chi connectivity index (χ0n) is 14.5. The predicted octanol–water partition coefficient (Wildman–Crippen LogP) is 2.31. The number of rotatable bonds is 3. The number of piperazine rings is 1. The minimum absolute atomic E-state index is 0. The monoisotopic (exact) mass is 363 g/mol. The van der Waals surface area contributed by atoms with E-state index < -0.39 is 0 Å². The third-order valence-corrected chi connectivity index (χ3v) is 5.94. The molecule has 0 radical (unpaired) electrons. The average Bonchev–Trinajstić information content (AvgIpc) is 2.87. The maximum absolute atomic E-state index is 12.5. The standard InChI is InChI=1S/C19H25N3O2.ClH/c23-17-15-6-2-3-7-16(15)18(24)22(17)13-12-21-11-10-20-14-19(21)8-4-1-5-9-19;/h2-3,6-7,20H,1,4-5,8-14H2;1H. The van der Waals surface area contributed by atoms with E-state index in [0.29, 0.717) is 17.7 Å². The van der Waals surface area contributed by atoms with Crippen molar-refractivity contribution in [3.05, 3.63) is 35.4 Å². The first-order valence-electron chi connectivity index (χ1n) is 9.12. The summed E-state index contributed by atoms with van der Waals surface area (Å²) in [5.41, 5.74) is 1.33. The van der Waals surface area contributed by atoms with E-state index in [9.17, 15) is 9.59 Å². The molecule has 0 unspecified atom stereocenters. The number of halogens is 1. The lowest BCUT2D eigenvalue weighted by atomic mass is 9.79. The average molecular weight is 364 g/mol. The van der Waals surface area contributed by atoms with Gasteiger partial charge in [0.25, 0.3) is 11.8 Å². The normalized spacial score (nSPS) is 22.8. The fraction of sp³-hybridized carbons (Fsp3) is 0.579. The number of hydrogen-bond donors (Lipinski definition) is 1. The highest BCUT2D eigenvalue weighted by atomic mass is 35.5. The molecule has 1 aromatic carbocycles. The molecule has 6 heteroatoms. The van der Waals surface area contributed by atoms with Crippen molar-refractivity contribution in [2.24, 2.45) is 0 Å². The van der Waals surface area contributed by atoms with Gasteiger partial charge in [-0.2, -0.15) is 0 Å². The van der Waals surface area contributed by atoms with Gasteiger partial charge in [-0.1, -0.05) is 31.4 Å². The molecule has 2 heterocycles. The number of nitrogens with zero attached hydrogens (tertiary/aromatic N) is 2. The molecule has 2 amide bonds. The molecule has 25 heavy (non-hydrogen) atoms. The van der Waals surface area contributed by atoms with Crippen LogP contribution < -0.4 is 5.32 Å². The Balaban J connectivity index is 0.00000182. The van der Waals surface area contributed by atoms with Gasteiger partial charge in [-0.25, -0.2) is 0 Å². The molecule has 1 saturated heterocycles. The second-order valence-corrected chi connectivity index (χ2v) is 7.26. The number of carbonyl (C=O) groups is 2. The number of fused-ring (bicyclic) bond motifs is 1. The number of nitrogens with one attached hydrogen (secondary N) is 1. The van der Waals surface area contributed by atoms with Crippen LogP contribution in [0.5, 0.6) is 0 Å². The first kappa shape index (κ1) is 18.4. The summed E-state index contributed by atoms with van der Waals surface area (Å²) in [6.07, 6.45) is 6.34. The topological polar surface area (TPSA) is 52.7 Å². The van der Waals surface area contributed by atoms with Crippen molar-refractivity contribution < 1.29 is 9.59 Å². The third kappa shape index (κ3) is 3.21. The highest BCUT2D eigenvalue weighted by molar-refractivity contribution is 6.21. The molecule has 0 atom stereocenters. The fourth-order valence-electron chi connectivity index (χ4n) is 4.60. The molecule has 1 spiro atoms. The van der Waals surface area contributed by atoms with E-state index in [1.54, 1.807) is 12.1 Å². The Labute approximate surface area is 155 Å². The largest absolute Gasteiger partial charge is 0.314 e. The Hall–Kier alpha value is -1.43. The van der Waals surface area contributed by atoms with Crippen molar-refractivity contribution in [3.63, 3.8) is 0 Å². The summed E-state index contributed by atoms with van der Waals surface area (Å²) in [7, 11) is 0. The van der Waals surface area contributed by atoms with Crippen LogP contribution in [0.4, 0.5) is 0 Å². The van der Waals surface area contributed by atoms with Gasteiger partial charge < -0.3 is 5.32 Å². The lowest BCUT2D eigenvalue weighted by Gasteiger charge is -2.50. The highest BCUT2D eigenvalue weighted by Crippen LogP contribution is 2.34. The lowest BCUT2D eigenvalue weighted by molar-refractivity contribution is 0.0203. The van der Waals surface area contributed by atoms with Gasteiger partial charge in [-0.15, -0.1) is 12.4 Å². The van der Waals surface area contributed by atoms with Crippen LogP contribution in [0.15, 0.2) is 24.3 Å². The van der Waals surface area contributed by atoms with Crippen molar-refractivity contribution >= 4 is 24.2 Å². The second-order valence-electron chi connectivity index (χ2n) is 7.26. The van der Waals surface area contributed by atoms with E-state index >= 15 is 0 Å². The van der Waals surface area contributed by atoms with Crippen LogP contribution in [-0.4, -0.2) is 59.9 Å². The molecule has 4 rings (SSSR count). The van der Waals surface area contributed by atoms with Crippen LogP contribution in [-0.2, 0) is 0 Å². The van der Waals surface area contributed by atoms with Crippen molar-refractivity contribution in [3.8, 4) is 0 Å². The van der Waals surface area contributed by atoms with Crippen LogP contribution in [0.3, 0.4) is 0 Å². The molecule has 136 valence electrons. The molecule has 1 N–H and O–H groups in total. The molecular weight excluding hydrogens is 338 g/mol. The van der Waals surface area contributed by atoms with E-state index in [-0.39, 0.29) is 29.8 Å². The Morgan fingerprint density at radius 2 is 1.60 bits per heavy atom. The molecule has 1 saturated carbocycles. The number of imide groups is 1. The third-order valence-electron chi connectivity index (χ3n) is 5.94. The Morgan fingerprint density at radius 1 is 0.960 bits per heavy atom. The van der Waals surface area contributed by atoms with Gasteiger partial charge >= 0.3 is 0 Å². The first-order chi connectivity index (χ1) is 11.7. The summed E-state index contributed by atoms with van der Waals surface area (Å²) < 4.78 is 0. The molecule has 3 aliphatic rings. The minimum Gasteiger partial charge on any atom is -0.314 e. The van der Waals surface area contributed by atoms with Crippen molar-refractivity contribution in [1.82, 2.24) is 15.1 Å². The summed E-state index contributed by atoms with van der Waals surface area (Å²) >= 11 is 0. The maximum atomic E-state index is 12.5. The number of benzene rings is 1. The molecular formula is C19H26ClN3O2. The maximum Gasteiger partial charge on any atom is 0.261 e. The van der Waals surface area contributed by atoms with Gasteiger partial charge in [0.1, 0.15) is 0 Å². The predicted molar refractivity (Wildman–Crippen MR) is 99.3 cm³/mol. The number of hydrogen-bond acceptors (Lipinski definition) is 4. The molecule has 1 aromatic rings. The lowest BCUT2D eigenvalue weighted by Crippen LogP contribution is -2.63. The van der Waals surface area contributed by atoms with Crippen molar-refractivity contribution in [1.29, 1.82) is 0 Å². The molecule has 2 fully saturated rings. The quantitative estimate of drug-likeness (QED) is 0.837. The van der Waals surface area contributed by atoms with Crippen molar-refractivity contribution in [2.45, 2.75) is 37.6 Å². The van der Waals surface area contributed by atoms with Gasteiger partial charge in [0.15, 0.2) is 0 Å². The summed E-state index contributed by atoms with van der Waals surface area (Å²) in [6, 6.07) is 7.15. The summed E-state index contributed by atoms with van der Waals surface area (Å²) in [4.78, 5) is 29.0. The summed E-state index contributed by atoms with van der Waals surface area (Å²) in [5.74, 6) is -0.271. The van der Waals surface area contributed by atoms with Gasteiger partial charge in [0, 0.05) is 38.3 Å². The number of amides is 2. The minimum atomic E-state index is -0.136. The Morgan fingerprint density at radius 3 is 2.24 bits per heavy atom. The van der Waals surface area contributed by atoms with E-state index in [2.05, 4.69) is 10.2 Å². The van der Waals surface area contributed by atoms with Gasteiger partial charge in [-0.05, 0) is 25.0 Å². The van der Waals surface area contributed by atoms with Crippen LogP contribution in [0.1, 0.15) is 52.8 Å². The second kappa shape index (κ2) is 7.44. The first-order valence-corrected chi connectivity index (χ1v) is 9.12. The van der Waals surface area contributed by atoms with Crippen molar-refractivity contribution in [2.75, 3.05) is 32.7 Å².